The molecular formula is C23H19N3O3S. The summed E-state index contributed by atoms with van der Waals surface area (Å²) in [5.41, 5.74) is 2.31. The second kappa shape index (κ2) is 8.34. The van der Waals surface area contributed by atoms with E-state index in [2.05, 4.69) is 15.6 Å². The fourth-order valence-electron chi connectivity index (χ4n) is 3.03. The number of aromatic nitrogens is 1. The van der Waals surface area contributed by atoms with Crippen molar-refractivity contribution < 1.29 is 13.2 Å². The monoisotopic (exact) mass is 417 g/mol. The lowest BCUT2D eigenvalue weighted by atomic mass is 10.2. The molecule has 0 radical (unpaired) electrons. The van der Waals surface area contributed by atoms with E-state index in [1.807, 2.05) is 24.3 Å². The highest BCUT2D eigenvalue weighted by atomic mass is 32.2. The first-order valence-electron chi connectivity index (χ1n) is 9.31. The van der Waals surface area contributed by atoms with E-state index in [1.165, 1.54) is 0 Å². The van der Waals surface area contributed by atoms with Crippen molar-refractivity contribution in [2.45, 2.75) is 16.3 Å². The first-order chi connectivity index (χ1) is 14.5. The predicted molar refractivity (Wildman–Crippen MR) is 116 cm³/mol. The predicted octanol–water partition coefficient (Wildman–Crippen LogP) is 4.39. The van der Waals surface area contributed by atoms with Crippen LogP contribution in [0.5, 0.6) is 0 Å². The molecule has 0 atom stereocenters. The van der Waals surface area contributed by atoms with Gasteiger partial charge in [0.2, 0.25) is 9.84 Å². The van der Waals surface area contributed by atoms with Crippen molar-refractivity contribution in [2.75, 3.05) is 5.32 Å². The lowest BCUT2D eigenvalue weighted by Gasteiger charge is -2.09. The van der Waals surface area contributed by atoms with Crippen molar-refractivity contribution in [2.24, 2.45) is 0 Å². The molecule has 0 aliphatic carbocycles. The molecule has 150 valence electrons. The van der Waals surface area contributed by atoms with Crippen LogP contribution < -0.4 is 10.6 Å². The lowest BCUT2D eigenvalue weighted by molar-refractivity contribution is 0.251. The number of nitrogens with one attached hydrogen (secondary N) is 2. The van der Waals surface area contributed by atoms with Gasteiger partial charge < -0.3 is 10.6 Å². The third-order valence-corrected chi connectivity index (χ3v) is 6.39. The zero-order chi connectivity index (χ0) is 21.0. The summed E-state index contributed by atoms with van der Waals surface area (Å²) in [7, 11) is -3.55. The standard InChI is InChI=1S/C23H19N3O3S/c27-23(26-19-10-13-22-18(15-19)5-4-14-24-22)25-16-17-8-11-21(12-9-17)30(28,29)20-6-2-1-3-7-20/h1-15H,16H2,(H2,25,26,27). The minimum atomic E-state index is -3.55. The Bertz CT molecular complexity index is 1290. The number of hydrogen-bond donors (Lipinski definition) is 2. The van der Waals surface area contributed by atoms with Crippen molar-refractivity contribution in [3.63, 3.8) is 0 Å². The minimum Gasteiger partial charge on any atom is -0.334 e. The molecule has 3 aromatic carbocycles. The Morgan fingerprint density at radius 2 is 1.57 bits per heavy atom. The summed E-state index contributed by atoms with van der Waals surface area (Å²) >= 11 is 0. The third-order valence-electron chi connectivity index (χ3n) is 4.60. The maximum atomic E-state index is 12.6. The quantitative estimate of drug-likeness (QED) is 0.504. The number of nitrogens with zero attached hydrogens (tertiary/aromatic N) is 1. The van der Waals surface area contributed by atoms with Crippen LogP contribution in [0.15, 0.2) is 101 Å². The molecule has 0 aliphatic heterocycles. The lowest BCUT2D eigenvalue weighted by Crippen LogP contribution is -2.28. The Morgan fingerprint density at radius 3 is 2.33 bits per heavy atom. The Labute approximate surface area is 174 Å². The van der Waals surface area contributed by atoms with E-state index < -0.39 is 9.84 Å². The Morgan fingerprint density at radius 1 is 0.833 bits per heavy atom. The summed E-state index contributed by atoms with van der Waals surface area (Å²) in [6.07, 6.45) is 1.72. The maximum absolute atomic E-state index is 12.6. The number of benzene rings is 3. The average molecular weight is 417 g/mol. The van der Waals surface area contributed by atoms with Gasteiger partial charge in [-0.1, -0.05) is 36.4 Å². The molecule has 0 saturated carbocycles. The van der Waals surface area contributed by atoms with E-state index in [0.717, 1.165) is 16.5 Å². The van der Waals surface area contributed by atoms with Crippen molar-refractivity contribution in [1.82, 2.24) is 10.3 Å². The van der Waals surface area contributed by atoms with Crippen LogP contribution in [-0.2, 0) is 16.4 Å². The average Bonchev–Trinajstić information content (AvgIpc) is 2.78. The van der Waals surface area contributed by atoms with Crippen LogP contribution >= 0.6 is 0 Å². The number of hydrogen-bond acceptors (Lipinski definition) is 4. The van der Waals surface area contributed by atoms with E-state index in [4.69, 9.17) is 0 Å². The molecule has 0 spiro atoms. The number of rotatable bonds is 5. The smallest absolute Gasteiger partial charge is 0.319 e. The van der Waals surface area contributed by atoms with Gasteiger partial charge in [0.25, 0.3) is 0 Å². The van der Waals surface area contributed by atoms with E-state index in [0.29, 0.717) is 5.69 Å². The summed E-state index contributed by atoms with van der Waals surface area (Å²) in [6.45, 7) is 0.270. The molecule has 7 heteroatoms. The second-order valence-corrected chi connectivity index (χ2v) is 8.63. The van der Waals surface area contributed by atoms with Crippen LogP contribution in [0.3, 0.4) is 0 Å². The van der Waals surface area contributed by atoms with Crippen molar-refractivity contribution in [1.29, 1.82) is 0 Å². The van der Waals surface area contributed by atoms with E-state index in [1.54, 1.807) is 66.9 Å². The number of carbonyl (C=O) groups is 1. The molecule has 0 fully saturated rings. The fourth-order valence-corrected chi connectivity index (χ4v) is 4.32. The molecule has 4 aromatic rings. The molecule has 0 unspecified atom stereocenters. The molecule has 1 aromatic heterocycles. The third kappa shape index (κ3) is 4.31. The molecule has 2 amide bonds. The summed E-state index contributed by atoms with van der Waals surface area (Å²) in [5.74, 6) is 0. The van der Waals surface area contributed by atoms with Gasteiger partial charge in [-0.3, -0.25) is 4.98 Å². The van der Waals surface area contributed by atoms with Crippen molar-refractivity contribution in [3.8, 4) is 0 Å². The molecule has 0 bridgehead atoms. The summed E-state index contributed by atoms with van der Waals surface area (Å²) < 4.78 is 25.2. The van der Waals surface area contributed by atoms with Gasteiger partial charge in [0, 0.05) is 23.8 Å². The van der Waals surface area contributed by atoms with Gasteiger partial charge >= 0.3 is 6.03 Å². The van der Waals surface area contributed by atoms with E-state index in [9.17, 15) is 13.2 Å². The Hall–Kier alpha value is -3.71. The van der Waals surface area contributed by atoms with Gasteiger partial charge in [-0.25, -0.2) is 13.2 Å². The molecule has 30 heavy (non-hydrogen) atoms. The van der Waals surface area contributed by atoms with Crippen LogP contribution in [0.25, 0.3) is 10.9 Å². The number of amides is 2. The molecule has 0 aliphatic rings. The number of anilines is 1. The molecule has 0 saturated heterocycles. The van der Waals surface area contributed by atoms with Gasteiger partial charge in [0.1, 0.15) is 0 Å². The molecule has 2 N–H and O–H groups in total. The Balaban J connectivity index is 1.38. The fraction of sp³-hybridized carbons (Fsp3) is 0.0435. The highest BCUT2D eigenvalue weighted by Crippen LogP contribution is 2.21. The zero-order valence-corrected chi connectivity index (χ0v) is 16.8. The van der Waals surface area contributed by atoms with Crippen molar-refractivity contribution >= 4 is 32.5 Å². The number of urea groups is 1. The number of pyridine rings is 1. The van der Waals surface area contributed by atoms with Gasteiger partial charge in [-0.2, -0.15) is 0 Å². The van der Waals surface area contributed by atoms with Crippen LogP contribution in [-0.4, -0.2) is 19.4 Å². The number of fused-ring (bicyclic) bond motifs is 1. The molecule has 4 rings (SSSR count). The largest absolute Gasteiger partial charge is 0.334 e. The van der Waals surface area contributed by atoms with Crippen LogP contribution in [0.1, 0.15) is 5.56 Å². The summed E-state index contributed by atoms with van der Waals surface area (Å²) in [5, 5.41) is 6.49. The number of carbonyl (C=O) groups excluding carboxylic acids is 1. The zero-order valence-electron chi connectivity index (χ0n) is 15.9. The van der Waals surface area contributed by atoms with Crippen LogP contribution in [0.2, 0.25) is 0 Å². The van der Waals surface area contributed by atoms with Gasteiger partial charge in [-0.15, -0.1) is 0 Å². The van der Waals surface area contributed by atoms with Gasteiger partial charge in [0.05, 0.1) is 15.3 Å². The number of sulfone groups is 1. The van der Waals surface area contributed by atoms with Crippen LogP contribution in [0, 0.1) is 0 Å². The van der Waals surface area contributed by atoms with Gasteiger partial charge in [0.15, 0.2) is 0 Å². The molecular weight excluding hydrogens is 398 g/mol. The van der Waals surface area contributed by atoms with Crippen molar-refractivity contribution in [3.05, 3.63) is 96.7 Å². The molecule has 1 heterocycles. The Kier molecular flexibility index (Phi) is 5.45. The first-order valence-corrected chi connectivity index (χ1v) is 10.8. The first kappa shape index (κ1) is 19.6. The van der Waals surface area contributed by atoms with E-state index >= 15 is 0 Å². The highest BCUT2D eigenvalue weighted by Gasteiger charge is 2.16. The topological polar surface area (TPSA) is 88.2 Å². The summed E-state index contributed by atoms with van der Waals surface area (Å²) in [4.78, 5) is 16.9. The van der Waals surface area contributed by atoms with Crippen LogP contribution in [0.4, 0.5) is 10.5 Å². The van der Waals surface area contributed by atoms with Gasteiger partial charge in [-0.05, 0) is 54.1 Å². The normalized spacial score (nSPS) is 11.2. The molecule has 6 nitrogen and oxygen atoms in total. The minimum absolute atomic E-state index is 0.215. The van der Waals surface area contributed by atoms with E-state index in [-0.39, 0.29) is 22.4 Å². The highest BCUT2D eigenvalue weighted by molar-refractivity contribution is 7.91. The SMILES string of the molecule is O=C(NCc1ccc(S(=O)(=O)c2ccccc2)cc1)Nc1ccc2ncccc2c1. The maximum Gasteiger partial charge on any atom is 0.319 e. The second-order valence-electron chi connectivity index (χ2n) is 6.68. The summed E-state index contributed by atoms with van der Waals surface area (Å²) in [6, 6.07) is 23.7.